The second-order valence-corrected chi connectivity index (χ2v) is 10.8. The van der Waals surface area contributed by atoms with Crippen LogP contribution in [0.4, 0.5) is 0 Å². The molecule has 0 bridgehead atoms. The van der Waals surface area contributed by atoms with Gasteiger partial charge in [-0.3, -0.25) is 4.79 Å². The molecule has 0 saturated carbocycles. The van der Waals surface area contributed by atoms with Crippen LogP contribution in [0.15, 0.2) is 56.8 Å². The summed E-state index contributed by atoms with van der Waals surface area (Å²) in [6.45, 7) is 4.86. The van der Waals surface area contributed by atoms with Crippen molar-refractivity contribution >= 4 is 53.4 Å². The number of rotatable bonds is 7. The molecule has 0 aliphatic carbocycles. The highest BCUT2D eigenvalue weighted by Crippen LogP contribution is 2.22. The monoisotopic (exact) mass is 509 g/mol. The van der Waals surface area contributed by atoms with Crippen molar-refractivity contribution < 1.29 is 13.2 Å². The van der Waals surface area contributed by atoms with Crippen LogP contribution in [0, 0.1) is 0 Å². The number of thiazole rings is 1. The van der Waals surface area contributed by atoms with E-state index in [0.717, 1.165) is 27.5 Å². The van der Waals surface area contributed by atoms with E-state index >= 15 is 0 Å². The predicted octanol–water partition coefficient (Wildman–Crippen LogP) is 4.55. The molecular weight excluding hydrogens is 486 g/mol. The third-order valence-corrected chi connectivity index (χ3v) is 8.15. The molecule has 1 aromatic heterocycles. The quantitative estimate of drug-likeness (QED) is 0.468. The van der Waals surface area contributed by atoms with E-state index in [2.05, 4.69) is 20.9 Å². The standard InChI is InChI=1S/C21H24BrN3O3S2/c1-4-12-25(13-5-2)30(27,28)17-9-6-15(7-10-17)20(26)23-21-24(3)18-11-8-16(22)14-19(18)29-21/h6-11,14H,4-5,12-13H2,1-3H3. The van der Waals surface area contributed by atoms with Gasteiger partial charge in [0.05, 0.1) is 15.1 Å². The summed E-state index contributed by atoms with van der Waals surface area (Å²) >= 11 is 4.88. The van der Waals surface area contributed by atoms with Crippen molar-refractivity contribution in [1.82, 2.24) is 8.87 Å². The molecule has 0 saturated heterocycles. The van der Waals surface area contributed by atoms with Crippen molar-refractivity contribution in [2.24, 2.45) is 12.0 Å². The first kappa shape index (κ1) is 22.9. The molecule has 0 radical (unpaired) electrons. The Bertz CT molecular complexity index is 1220. The lowest BCUT2D eigenvalue weighted by Gasteiger charge is -2.21. The molecule has 0 N–H and O–H groups in total. The number of sulfonamides is 1. The van der Waals surface area contributed by atoms with Crippen LogP contribution in [0.2, 0.25) is 0 Å². The summed E-state index contributed by atoms with van der Waals surface area (Å²) < 4.78 is 31.1. The summed E-state index contributed by atoms with van der Waals surface area (Å²) in [5, 5.41) is 0. The van der Waals surface area contributed by atoms with Crippen molar-refractivity contribution in [3.63, 3.8) is 0 Å². The molecule has 0 aliphatic rings. The van der Waals surface area contributed by atoms with Crippen LogP contribution < -0.4 is 4.80 Å². The van der Waals surface area contributed by atoms with E-state index in [1.807, 2.05) is 43.7 Å². The third kappa shape index (κ3) is 4.74. The Morgan fingerprint density at radius 1 is 1.10 bits per heavy atom. The van der Waals surface area contributed by atoms with Gasteiger partial charge in [0, 0.05) is 30.2 Å². The highest BCUT2D eigenvalue weighted by atomic mass is 79.9. The maximum Gasteiger partial charge on any atom is 0.279 e. The second-order valence-electron chi connectivity index (χ2n) is 6.90. The van der Waals surface area contributed by atoms with Gasteiger partial charge < -0.3 is 4.57 Å². The molecule has 1 heterocycles. The molecule has 0 atom stereocenters. The highest BCUT2D eigenvalue weighted by molar-refractivity contribution is 9.10. The molecule has 0 fully saturated rings. The Balaban J connectivity index is 1.90. The molecule has 9 heteroatoms. The summed E-state index contributed by atoms with van der Waals surface area (Å²) in [4.78, 5) is 17.7. The van der Waals surface area contributed by atoms with Crippen molar-refractivity contribution in [3.8, 4) is 0 Å². The van der Waals surface area contributed by atoms with E-state index in [9.17, 15) is 13.2 Å². The van der Waals surface area contributed by atoms with Gasteiger partial charge in [-0.25, -0.2) is 8.42 Å². The van der Waals surface area contributed by atoms with Gasteiger partial charge in [-0.2, -0.15) is 9.30 Å². The molecular formula is C21H24BrN3O3S2. The van der Waals surface area contributed by atoms with Gasteiger partial charge >= 0.3 is 0 Å². The van der Waals surface area contributed by atoms with E-state index < -0.39 is 15.9 Å². The van der Waals surface area contributed by atoms with Crippen LogP contribution in [0.1, 0.15) is 37.0 Å². The van der Waals surface area contributed by atoms with E-state index in [0.29, 0.717) is 23.5 Å². The van der Waals surface area contributed by atoms with E-state index in [1.54, 1.807) is 0 Å². The second kappa shape index (κ2) is 9.55. The Kier molecular flexibility index (Phi) is 7.28. The van der Waals surface area contributed by atoms with Crippen molar-refractivity contribution in [2.75, 3.05) is 13.1 Å². The Morgan fingerprint density at radius 3 is 2.33 bits per heavy atom. The molecule has 0 spiro atoms. The zero-order valence-electron chi connectivity index (χ0n) is 17.1. The lowest BCUT2D eigenvalue weighted by Crippen LogP contribution is -2.32. The Hall–Kier alpha value is -1.81. The number of carbonyl (C=O) groups excluding carboxylic acids is 1. The normalized spacial score (nSPS) is 12.8. The zero-order valence-corrected chi connectivity index (χ0v) is 20.3. The SMILES string of the molecule is CCCN(CCC)S(=O)(=O)c1ccc(C(=O)N=c2sc3cc(Br)ccc3n2C)cc1. The fraction of sp³-hybridized carbons (Fsp3) is 0.333. The first-order valence-electron chi connectivity index (χ1n) is 9.72. The number of halogens is 1. The van der Waals surface area contributed by atoms with Gasteiger partial charge in [-0.05, 0) is 55.3 Å². The van der Waals surface area contributed by atoms with Crippen molar-refractivity contribution in [3.05, 3.63) is 57.3 Å². The minimum Gasteiger partial charge on any atom is -0.319 e. The summed E-state index contributed by atoms with van der Waals surface area (Å²) in [5.74, 6) is -0.404. The molecule has 0 aliphatic heterocycles. The van der Waals surface area contributed by atoms with Gasteiger partial charge in [0.25, 0.3) is 5.91 Å². The van der Waals surface area contributed by atoms with Crippen molar-refractivity contribution in [2.45, 2.75) is 31.6 Å². The van der Waals surface area contributed by atoms with Crippen molar-refractivity contribution in [1.29, 1.82) is 0 Å². The predicted molar refractivity (Wildman–Crippen MR) is 124 cm³/mol. The Labute approximate surface area is 189 Å². The van der Waals surface area contributed by atoms with Crippen LogP contribution in [0.5, 0.6) is 0 Å². The molecule has 30 heavy (non-hydrogen) atoms. The lowest BCUT2D eigenvalue weighted by atomic mass is 10.2. The van der Waals surface area contributed by atoms with Gasteiger partial charge in [0.15, 0.2) is 4.80 Å². The number of nitrogens with zero attached hydrogens (tertiary/aromatic N) is 3. The summed E-state index contributed by atoms with van der Waals surface area (Å²) in [6, 6.07) is 11.9. The van der Waals surface area contributed by atoms with E-state index in [1.165, 1.54) is 39.9 Å². The van der Waals surface area contributed by atoms with Crippen LogP contribution in [-0.2, 0) is 17.1 Å². The topological polar surface area (TPSA) is 71.7 Å². The summed E-state index contributed by atoms with van der Waals surface area (Å²) in [6.07, 6.45) is 1.49. The number of hydrogen-bond donors (Lipinski definition) is 0. The van der Waals surface area contributed by atoms with Gasteiger partial charge in [-0.15, -0.1) is 0 Å². The molecule has 6 nitrogen and oxygen atoms in total. The molecule has 160 valence electrons. The number of aryl methyl sites for hydroxylation is 1. The molecule has 1 amide bonds. The number of amides is 1. The first-order valence-corrected chi connectivity index (χ1v) is 12.8. The van der Waals surface area contributed by atoms with Crippen LogP contribution in [0.25, 0.3) is 10.2 Å². The largest absolute Gasteiger partial charge is 0.319 e. The number of benzene rings is 2. The summed E-state index contributed by atoms with van der Waals surface area (Å²) in [7, 11) is -1.70. The van der Waals surface area contributed by atoms with Gasteiger partial charge in [0.2, 0.25) is 10.0 Å². The number of fused-ring (bicyclic) bond motifs is 1. The fourth-order valence-corrected chi connectivity index (χ4v) is 6.33. The van der Waals surface area contributed by atoms with Crippen LogP contribution in [-0.4, -0.2) is 36.3 Å². The van der Waals surface area contributed by atoms with E-state index in [4.69, 9.17) is 0 Å². The number of carbonyl (C=O) groups is 1. The smallest absolute Gasteiger partial charge is 0.279 e. The zero-order chi connectivity index (χ0) is 21.9. The lowest BCUT2D eigenvalue weighted by molar-refractivity contribution is 0.0998. The average Bonchev–Trinajstić information content (AvgIpc) is 3.02. The minimum atomic E-state index is -3.57. The Morgan fingerprint density at radius 2 is 1.73 bits per heavy atom. The minimum absolute atomic E-state index is 0.193. The number of aromatic nitrogens is 1. The van der Waals surface area contributed by atoms with Gasteiger partial charge in [-0.1, -0.05) is 41.1 Å². The van der Waals surface area contributed by atoms with Gasteiger partial charge in [0.1, 0.15) is 0 Å². The maximum atomic E-state index is 12.9. The fourth-order valence-electron chi connectivity index (χ4n) is 3.14. The average molecular weight is 510 g/mol. The number of hydrogen-bond acceptors (Lipinski definition) is 4. The highest BCUT2D eigenvalue weighted by Gasteiger charge is 2.23. The molecule has 0 unspecified atom stereocenters. The first-order chi connectivity index (χ1) is 14.3. The van der Waals surface area contributed by atoms with E-state index in [-0.39, 0.29) is 4.90 Å². The molecule has 3 rings (SSSR count). The third-order valence-electron chi connectivity index (χ3n) is 4.65. The van der Waals surface area contributed by atoms with Crippen LogP contribution >= 0.6 is 27.3 Å². The maximum absolute atomic E-state index is 12.9. The summed E-state index contributed by atoms with van der Waals surface area (Å²) in [5.41, 5.74) is 1.34. The molecule has 3 aromatic rings. The molecule has 2 aromatic carbocycles. The van der Waals surface area contributed by atoms with Crippen LogP contribution in [0.3, 0.4) is 0 Å².